The molecule has 0 radical (unpaired) electrons. The second-order valence-electron chi connectivity index (χ2n) is 19.9. The number of hydrogen-bond donors (Lipinski definition) is 1. The van der Waals surface area contributed by atoms with Crippen LogP contribution in [0.15, 0.2) is 237 Å². The van der Waals surface area contributed by atoms with Crippen LogP contribution in [-0.2, 0) is 11.8 Å². The van der Waals surface area contributed by atoms with Gasteiger partial charge in [-0.15, -0.1) is 0 Å². The van der Waals surface area contributed by atoms with Gasteiger partial charge in [0.15, 0.2) is 0 Å². The second-order valence-corrected chi connectivity index (χ2v) is 19.9. The minimum Gasteiger partial charge on any atom is -0.507 e. The van der Waals surface area contributed by atoms with Gasteiger partial charge in [-0.3, -0.25) is 9.55 Å². The smallest absolute Gasteiger partial charge is 0.149 e. The highest BCUT2D eigenvalue weighted by atomic mass is 16.3. The standard InChI is InChI=1S/C69H57N3O/c1-69(2,57-27-13-6-14-28-57)58-36-34-50(35-37-58)53-39-40-70-63(46-53)56-44-54(49-21-7-3-8-22-49)43-55(45-56)59-29-18-32-65-66(59)71-68(61-31-17-30-60(67(61)73)51-23-9-4-10-24-51)72(65)64-38-33-48(41-47-19-15-16-20-47)42-62(64)52-25-11-5-12-26-52/h3-14,17-18,21-40,42-47,73H,15-16,19-20,41H2,1-2H3/i41D2. The van der Waals surface area contributed by atoms with Gasteiger partial charge < -0.3 is 5.11 Å². The number of aromatic nitrogens is 3. The van der Waals surface area contributed by atoms with Gasteiger partial charge in [-0.2, -0.15) is 0 Å². The van der Waals surface area contributed by atoms with Crippen LogP contribution in [0.5, 0.6) is 5.75 Å². The van der Waals surface area contributed by atoms with Crippen molar-refractivity contribution in [2.75, 3.05) is 0 Å². The van der Waals surface area contributed by atoms with E-state index in [0.717, 1.165) is 104 Å². The Morgan fingerprint density at radius 3 is 1.78 bits per heavy atom. The third kappa shape index (κ3) is 8.95. The molecular weight excluding hydrogens is 887 g/mol. The Balaban J connectivity index is 1.05. The summed E-state index contributed by atoms with van der Waals surface area (Å²) in [5, 5.41) is 12.5. The molecular formula is C69H57N3O. The molecule has 0 bridgehead atoms. The van der Waals surface area contributed by atoms with Gasteiger partial charge in [0.25, 0.3) is 0 Å². The lowest BCUT2D eigenvalue weighted by Crippen LogP contribution is -2.18. The molecule has 0 atom stereocenters. The van der Waals surface area contributed by atoms with Crippen LogP contribution in [0.3, 0.4) is 0 Å². The van der Waals surface area contributed by atoms with Crippen molar-refractivity contribution in [2.45, 2.75) is 51.3 Å². The predicted molar refractivity (Wildman–Crippen MR) is 303 cm³/mol. The van der Waals surface area contributed by atoms with Gasteiger partial charge >= 0.3 is 0 Å². The molecule has 1 N–H and O–H groups in total. The zero-order chi connectivity index (χ0) is 51.1. The number of pyridine rings is 1. The Morgan fingerprint density at radius 1 is 0.493 bits per heavy atom. The van der Waals surface area contributed by atoms with Crippen LogP contribution in [0.1, 0.15) is 59.0 Å². The van der Waals surface area contributed by atoms with Crippen LogP contribution < -0.4 is 0 Å². The first-order valence-corrected chi connectivity index (χ1v) is 25.6. The van der Waals surface area contributed by atoms with E-state index < -0.39 is 6.37 Å². The summed E-state index contributed by atoms with van der Waals surface area (Å²) in [6.07, 6.45) is 4.25. The summed E-state index contributed by atoms with van der Waals surface area (Å²) in [6.45, 7) is 4.55. The molecule has 11 aromatic rings. The Hall–Kier alpha value is -8.60. The van der Waals surface area contributed by atoms with E-state index in [1.807, 2.05) is 85.1 Å². The molecule has 2 aromatic heterocycles. The lowest BCUT2D eigenvalue weighted by atomic mass is 9.78. The zero-order valence-corrected chi connectivity index (χ0v) is 41.2. The number of benzene rings is 9. The van der Waals surface area contributed by atoms with Crippen LogP contribution in [0, 0.1) is 5.92 Å². The largest absolute Gasteiger partial charge is 0.507 e. The van der Waals surface area contributed by atoms with Crippen molar-refractivity contribution in [1.29, 1.82) is 0 Å². The fourth-order valence-electron chi connectivity index (χ4n) is 10.9. The van der Waals surface area contributed by atoms with Crippen molar-refractivity contribution < 1.29 is 7.85 Å². The molecule has 0 saturated heterocycles. The van der Waals surface area contributed by atoms with E-state index in [1.165, 1.54) is 11.1 Å². The minimum atomic E-state index is -1.51. The molecule has 0 spiro atoms. The zero-order valence-electron chi connectivity index (χ0n) is 43.2. The first kappa shape index (κ1) is 43.2. The predicted octanol–water partition coefficient (Wildman–Crippen LogP) is 17.9. The van der Waals surface area contributed by atoms with Crippen LogP contribution in [-0.4, -0.2) is 19.6 Å². The SMILES string of the molecule is [2H]C([2H])(c1ccc(-n2c(-c3cccc(-c4ccccc4)c3O)nc3c(-c4cc(-c5ccccc5)cc(-c5cc(-c6ccc(C(C)(C)c7ccccc7)cc6)ccn5)c4)cccc32)c(-c2ccccc2)c1)C1CCCC1. The normalized spacial score (nSPS) is 13.5. The van der Waals surface area contributed by atoms with Crippen molar-refractivity contribution in [3.05, 3.63) is 253 Å². The molecule has 4 nitrogen and oxygen atoms in total. The number of phenolic OH excluding ortho intramolecular Hbond substituents is 1. The molecule has 354 valence electrons. The quantitative estimate of drug-likeness (QED) is 0.133. The summed E-state index contributed by atoms with van der Waals surface area (Å²) in [7, 11) is 0. The maximum absolute atomic E-state index is 12.5. The number of nitrogens with zero attached hydrogens (tertiary/aromatic N) is 3. The molecule has 2 heterocycles. The van der Waals surface area contributed by atoms with Crippen LogP contribution >= 0.6 is 0 Å². The van der Waals surface area contributed by atoms with Crippen molar-refractivity contribution >= 4 is 11.0 Å². The number of fused-ring (bicyclic) bond motifs is 1. The highest BCUT2D eigenvalue weighted by Crippen LogP contribution is 2.45. The van der Waals surface area contributed by atoms with E-state index >= 15 is 0 Å². The fraction of sp³-hybridized carbons (Fsp3) is 0.130. The Morgan fingerprint density at radius 2 is 1.07 bits per heavy atom. The van der Waals surface area contributed by atoms with Gasteiger partial charge in [0.2, 0.25) is 0 Å². The van der Waals surface area contributed by atoms with E-state index in [9.17, 15) is 7.85 Å². The number of imidazole rings is 1. The number of phenols is 1. The van der Waals surface area contributed by atoms with Gasteiger partial charge in [-0.1, -0.05) is 215 Å². The number of rotatable bonds is 12. The first-order valence-electron chi connectivity index (χ1n) is 26.6. The van der Waals surface area contributed by atoms with Crippen molar-refractivity contribution in [2.24, 2.45) is 5.92 Å². The monoisotopic (exact) mass is 945 g/mol. The molecule has 0 unspecified atom stereocenters. The molecule has 12 rings (SSSR count). The maximum Gasteiger partial charge on any atom is 0.149 e. The van der Waals surface area contributed by atoms with E-state index in [4.69, 9.17) is 9.97 Å². The summed E-state index contributed by atoms with van der Waals surface area (Å²) in [6, 6.07) is 79.5. The highest BCUT2D eigenvalue weighted by Gasteiger charge is 2.26. The van der Waals surface area contributed by atoms with Gasteiger partial charge in [-0.25, -0.2) is 4.98 Å². The van der Waals surface area contributed by atoms with E-state index in [1.54, 1.807) is 0 Å². The Kier molecular flexibility index (Phi) is 11.6. The number of para-hydroxylation sites is 2. The van der Waals surface area contributed by atoms with Crippen molar-refractivity contribution in [3.8, 4) is 89.7 Å². The average molecular weight is 946 g/mol. The molecule has 0 amide bonds. The second kappa shape index (κ2) is 19.5. The van der Waals surface area contributed by atoms with E-state index in [-0.39, 0.29) is 17.1 Å². The minimum absolute atomic E-state index is 0.0459. The maximum atomic E-state index is 12.5. The molecule has 1 aliphatic carbocycles. The van der Waals surface area contributed by atoms with Crippen LogP contribution in [0.2, 0.25) is 0 Å². The molecule has 1 fully saturated rings. The Bertz CT molecular complexity index is 3830. The number of aromatic hydroxyl groups is 1. The highest BCUT2D eigenvalue weighted by molar-refractivity contribution is 5.99. The summed E-state index contributed by atoms with van der Waals surface area (Å²) in [4.78, 5) is 10.6. The van der Waals surface area contributed by atoms with Crippen molar-refractivity contribution in [1.82, 2.24) is 14.5 Å². The van der Waals surface area contributed by atoms with E-state index in [0.29, 0.717) is 22.5 Å². The molecule has 9 aromatic carbocycles. The molecule has 1 aliphatic rings. The summed E-state index contributed by atoms with van der Waals surface area (Å²) in [5.74, 6) is 0.657. The molecule has 4 heteroatoms. The summed E-state index contributed by atoms with van der Waals surface area (Å²) >= 11 is 0. The lowest BCUT2D eigenvalue weighted by molar-refractivity contribution is 0.479. The van der Waals surface area contributed by atoms with Gasteiger partial charge in [0, 0.05) is 36.6 Å². The Labute approximate surface area is 431 Å². The van der Waals surface area contributed by atoms with E-state index in [2.05, 4.69) is 170 Å². The van der Waals surface area contributed by atoms with Crippen LogP contribution in [0.25, 0.3) is 95.0 Å². The van der Waals surface area contributed by atoms with Gasteiger partial charge in [0.05, 0.1) is 28.0 Å². The first-order chi connectivity index (χ1) is 36.6. The van der Waals surface area contributed by atoms with Gasteiger partial charge in [-0.05, 0) is 123 Å². The van der Waals surface area contributed by atoms with Gasteiger partial charge in [0.1, 0.15) is 11.6 Å². The summed E-state index contributed by atoms with van der Waals surface area (Å²) in [5.41, 5.74) is 17.6. The van der Waals surface area contributed by atoms with Crippen molar-refractivity contribution in [3.63, 3.8) is 0 Å². The third-order valence-corrected chi connectivity index (χ3v) is 14.9. The fourth-order valence-corrected chi connectivity index (χ4v) is 10.9. The molecule has 0 aliphatic heterocycles. The number of hydrogen-bond acceptors (Lipinski definition) is 3. The topological polar surface area (TPSA) is 50.9 Å². The lowest BCUT2D eigenvalue weighted by Gasteiger charge is -2.26. The molecule has 1 saturated carbocycles. The summed E-state index contributed by atoms with van der Waals surface area (Å²) < 4.78 is 21.2. The molecule has 73 heavy (non-hydrogen) atoms. The van der Waals surface area contributed by atoms with Crippen LogP contribution in [0.4, 0.5) is 0 Å². The average Bonchev–Trinajstić information content (AvgIpc) is 4.20. The third-order valence-electron chi connectivity index (χ3n) is 14.9.